The van der Waals surface area contributed by atoms with Crippen LogP contribution in [0.2, 0.25) is 0 Å². The van der Waals surface area contributed by atoms with E-state index in [4.69, 9.17) is 5.11 Å². The summed E-state index contributed by atoms with van der Waals surface area (Å²) in [6, 6.07) is 0. The number of carbonyl (C=O) groups is 1. The van der Waals surface area contributed by atoms with Gasteiger partial charge in [-0.05, 0) is 12.2 Å². The highest BCUT2D eigenvalue weighted by Gasteiger charge is 2.17. The summed E-state index contributed by atoms with van der Waals surface area (Å²) in [6.45, 7) is 0.686. The third-order valence-electron chi connectivity index (χ3n) is 1.71. The first-order valence-electron chi connectivity index (χ1n) is 3.77. The molecule has 2 rings (SSSR count). The number of hydrogen-bond acceptors (Lipinski definition) is 4. The third kappa shape index (κ3) is 1.35. The molecule has 13 heavy (non-hydrogen) atoms. The number of rotatable bonds is 1. The van der Waals surface area contributed by atoms with Gasteiger partial charge >= 0.3 is 5.97 Å². The first kappa shape index (κ1) is 7.72. The third-order valence-corrected chi connectivity index (χ3v) is 1.71. The zero-order chi connectivity index (χ0) is 9.26. The molecule has 2 aliphatic heterocycles. The smallest absolute Gasteiger partial charge is 0.354 e. The lowest BCUT2D eigenvalue weighted by atomic mass is 10.3. The number of carboxylic acid groups (broad SMARTS) is 1. The molecular weight excluding hydrogens is 170 g/mol. The van der Waals surface area contributed by atoms with Crippen molar-refractivity contribution in [1.82, 2.24) is 4.90 Å². The molecule has 5 nitrogen and oxygen atoms in total. The molecule has 0 amide bonds. The Morgan fingerprint density at radius 2 is 2.46 bits per heavy atom. The quantitative estimate of drug-likeness (QED) is 0.623. The van der Waals surface area contributed by atoms with Crippen molar-refractivity contribution in [1.29, 1.82) is 0 Å². The highest BCUT2D eigenvalue weighted by molar-refractivity contribution is 6.42. The molecule has 0 atom stereocenters. The zero-order valence-electron chi connectivity index (χ0n) is 6.71. The molecule has 0 saturated heterocycles. The molecule has 0 aromatic carbocycles. The van der Waals surface area contributed by atoms with Crippen molar-refractivity contribution in [2.75, 3.05) is 6.54 Å². The molecule has 0 bridgehead atoms. The molecule has 5 heteroatoms. The van der Waals surface area contributed by atoms with E-state index in [9.17, 15) is 4.79 Å². The number of guanidine groups is 1. The van der Waals surface area contributed by atoms with Crippen molar-refractivity contribution in [3.8, 4) is 0 Å². The van der Waals surface area contributed by atoms with Gasteiger partial charge < -0.3 is 10.0 Å². The minimum atomic E-state index is -1.03. The fourth-order valence-corrected chi connectivity index (χ4v) is 1.08. The Morgan fingerprint density at radius 1 is 1.62 bits per heavy atom. The molecule has 0 spiro atoms. The van der Waals surface area contributed by atoms with Gasteiger partial charge in [-0.3, -0.25) is 0 Å². The average molecular weight is 177 g/mol. The molecule has 0 aliphatic carbocycles. The molecule has 66 valence electrons. The first-order valence-corrected chi connectivity index (χ1v) is 3.77. The summed E-state index contributed by atoms with van der Waals surface area (Å²) >= 11 is 0. The van der Waals surface area contributed by atoms with Gasteiger partial charge in [0, 0.05) is 18.9 Å². The highest BCUT2D eigenvalue weighted by Crippen LogP contribution is 2.07. The van der Waals surface area contributed by atoms with E-state index >= 15 is 0 Å². The van der Waals surface area contributed by atoms with Crippen LogP contribution in [0.15, 0.2) is 34.5 Å². The van der Waals surface area contributed by atoms with E-state index in [2.05, 4.69) is 9.98 Å². The monoisotopic (exact) mass is 177 g/mol. The molecule has 0 aromatic rings. The molecule has 2 aliphatic rings. The number of carboxylic acids is 1. The summed E-state index contributed by atoms with van der Waals surface area (Å²) in [5.74, 6) is -0.601. The van der Waals surface area contributed by atoms with Crippen LogP contribution in [0.3, 0.4) is 0 Å². The Bertz CT molecular complexity index is 366. The van der Waals surface area contributed by atoms with E-state index in [0.717, 1.165) is 0 Å². The van der Waals surface area contributed by atoms with Gasteiger partial charge in [0.15, 0.2) is 5.71 Å². The van der Waals surface area contributed by atoms with Gasteiger partial charge in [-0.15, -0.1) is 0 Å². The maximum atomic E-state index is 10.6. The molecular formula is C8H7N3O2. The molecule has 1 N–H and O–H groups in total. The van der Waals surface area contributed by atoms with Gasteiger partial charge in [-0.1, -0.05) is 0 Å². The van der Waals surface area contributed by atoms with Crippen molar-refractivity contribution in [2.24, 2.45) is 9.98 Å². The summed E-state index contributed by atoms with van der Waals surface area (Å²) in [7, 11) is 0. The number of hydrogen-bond donors (Lipinski definition) is 1. The molecule has 2 heterocycles. The van der Waals surface area contributed by atoms with E-state index in [-0.39, 0.29) is 5.71 Å². The Hall–Kier alpha value is -1.91. The van der Waals surface area contributed by atoms with E-state index in [1.807, 2.05) is 6.08 Å². The maximum absolute atomic E-state index is 10.6. The number of nitrogens with zero attached hydrogens (tertiary/aromatic N) is 3. The predicted octanol–water partition coefficient (Wildman–Crippen LogP) is 0.225. The lowest BCUT2D eigenvalue weighted by molar-refractivity contribution is -0.129. The Morgan fingerprint density at radius 3 is 3.23 bits per heavy atom. The Labute approximate surface area is 74.4 Å². The zero-order valence-corrected chi connectivity index (χ0v) is 6.71. The van der Waals surface area contributed by atoms with E-state index < -0.39 is 5.97 Å². The number of aliphatic carboxylic acids is 1. The van der Waals surface area contributed by atoms with Crippen LogP contribution in [0.4, 0.5) is 0 Å². The van der Waals surface area contributed by atoms with Crippen LogP contribution >= 0.6 is 0 Å². The summed E-state index contributed by atoms with van der Waals surface area (Å²) in [5, 5.41) is 8.65. The van der Waals surface area contributed by atoms with Crippen molar-refractivity contribution < 1.29 is 9.90 Å². The van der Waals surface area contributed by atoms with Gasteiger partial charge in [0.1, 0.15) is 0 Å². The van der Waals surface area contributed by atoms with Crippen LogP contribution in [-0.4, -0.2) is 34.2 Å². The molecule has 0 unspecified atom stereocenters. The second-order valence-electron chi connectivity index (χ2n) is 2.58. The van der Waals surface area contributed by atoms with Gasteiger partial charge in [0.25, 0.3) is 0 Å². The van der Waals surface area contributed by atoms with Crippen molar-refractivity contribution in [2.45, 2.75) is 0 Å². The first-order chi connectivity index (χ1) is 6.27. The fourth-order valence-electron chi connectivity index (χ4n) is 1.08. The predicted molar refractivity (Wildman–Crippen MR) is 47.5 cm³/mol. The molecule has 0 fully saturated rings. The van der Waals surface area contributed by atoms with Gasteiger partial charge in [0.05, 0.1) is 0 Å². The Kier molecular flexibility index (Phi) is 1.70. The van der Waals surface area contributed by atoms with E-state index in [1.165, 1.54) is 6.08 Å². The number of fused-ring (bicyclic) bond motifs is 1. The molecule has 0 saturated carbocycles. The maximum Gasteiger partial charge on any atom is 0.354 e. The summed E-state index contributed by atoms with van der Waals surface area (Å²) in [6.07, 6.45) is 6.61. The van der Waals surface area contributed by atoms with Crippen molar-refractivity contribution in [3.63, 3.8) is 0 Å². The second kappa shape index (κ2) is 2.85. The minimum Gasteiger partial charge on any atom is -0.477 e. The lowest BCUT2D eigenvalue weighted by Crippen LogP contribution is -2.31. The summed E-state index contributed by atoms with van der Waals surface area (Å²) < 4.78 is 0. The highest BCUT2D eigenvalue weighted by atomic mass is 16.4. The van der Waals surface area contributed by atoms with Crippen LogP contribution in [0.1, 0.15) is 0 Å². The Balaban J connectivity index is 2.34. The van der Waals surface area contributed by atoms with Gasteiger partial charge in [-0.2, -0.15) is 0 Å². The van der Waals surface area contributed by atoms with Crippen LogP contribution in [0, 0.1) is 0 Å². The van der Waals surface area contributed by atoms with Crippen LogP contribution in [0.25, 0.3) is 0 Å². The summed E-state index contributed by atoms with van der Waals surface area (Å²) in [5.41, 5.74) is 0.0188. The van der Waals surface area contributed by atoms with E-state index in [1.54, 1.807) is 17.3 Å². The average Bonchev–Trinajstić information content (AvgIpc) is 2.17. The van der Waals surface area contributed by atoms with Crippen LogP contribution in [-0.2, 0) is 4.79 Å². The van der Waals surface area contributed by atoms with E-state index in [0.29, 0.717) is 12.5 Å². The summed E-state index contributed by atoms with van der Waals surface area (Å²) in [4.78, 5) is 20.1. The largest absolute Gasteiger partial charge is 0.477 e. The molecule has 0 radical (unpaired) electrons. The van der Waals surface area contributed by atoms with Crippen LogP contribution in [0.5, 0.6) is 0 Å². The van der Waals surface area contributed by atoms with Crippen molar-refractivity contribution >= 4 is 17.6 Å². The van der Waals surface area contributed by atoms with Crippen molar-refractivity contribution in [3.05, 3.63) is 24.6 Å². The fraction of sp³-hybridized carbons (Fsp3) is 0.125. The molecule has 0 aromatic heterocycles. The minimum absolute atomic E-state index is 0.0188. The van der Waals surface area contributed by atoms with Crippen LogP contribution < -0.4 is 0 Å². The van der Waals surface area contributed by atoms with Gasteiger partial charge in [-0.25, -0.2) is 14.8 Å². The SMILES string of the molecule is O=C(O)C1=NC2=NC=CCN2C=C1. The standard InChI is InChI=1S/C8H7N3O2/c12-7(13)6-2-5-11-4-1-3-9-8(11)10-6/h1-3,5H,4H2,(H,12,13). The van der Waals surface area contributed by atoms with Gasteiger partial charge in [0.2, 0.25) is 5.96 Å². The normalized spacial score (nSPS) is 19.2. The topological polar surface area (TPSA) is 65.3 Å². The second-order valence-corrected chi connectivity index (χ2v) is 2.58. The lowest BCUT2D eigenvalue weighted by Gasteiger charge is -2.22. The number of aliphatic imine (C=N–C) groups is 2.